The molecule has 1 heterocycles. The van der Waals surface area contributed by atoms with Crippen LogP contribution in [-0.2, 0) is 0 Å². The highest BCUT2D eigenvalue weighted by molar-refractivity contribution is 5.19. The molecule has 2 fully saturated rings. The lowest BCUT2D eigenvalue weighted by molar-refractivity contribution is 0.317. The minimum Gasteiger partial charge on any atom is -0.312 e. The van der Waals surface area contributed by atoms with Gasteiger partial charge >= 0.3 is 0 Å². The first-order valence-corrected chi connectivity index (χ1v) is 7.35. The summed E-state index contributed by atoms with van der Waals surface area (Å²) in [4.78, 5) is 2.67. The number of nitrogens with zero attached hydrogens (tertiary/aromatic N) is 1. The Morgan fingerprint density at radius 1 is 1.22 bits per heavy atom. The fourth-order valence-corrected chi connectivity index (χ4v) is 2.97. The quantitative estimate of drug-likeness (QED) is 0.856. The van der Waals surface area contributed by atoms with Crippen molar-refractivity contribution in [3.8, 4) is 0 Å². The average molecular weight is 244 g/mol. The molecule has 1 aromatic rings. The highest BCUT2D eigenvalue weighted by atomic mass is 15.2. The van der Waals surface area contributed by atoms with E-state index in [-0.39, 0.29) is 0 Å². The van der Waals surface area contributed by atoms with Crippen molar-refractivity contribution in [1.29, 1.82) is 0 Å². The van der Waals surface area contributed by atoms with Crippen LogP contribution in [0.4, 0.5) is 0 Å². The Morgan fingerprint density at radius 2 is 2.00 bits per heavy atom. The Hall–Kier alpha value is -0.860. The van der Waals surface area contributed by atoms with Crippen LogP contribution in [-0.4, -0.2) is 36.6 Å². The number of benzene rings is 1. The van der Waals surface area contributed by atoms with Crippen LogP contribution >= 0.6 is 0 Å². The smallest absolute Gasteiger partial charge is 0.0207 e. The summed E-state index contributed by atoms with van der Waals surface area (Å²) in [6, 6.07) is 12.5. The zero-order chi connectivity index (χ0) is 12.4. The molecule has 1 aliphatic heterocycles. The predicted octanol–water partition coefficient (Wildman–Crippen LogP) is 2.62. The fourth-order valence-electron chi connectivity index (χ4n) is 2.97. The van der Waals surface area contributed by atoms with E-state index in [4.69, 9.17) is 0 Å². The lowest BCUT2D eigenvalue weighted by Gasteiger charge is -2.18. The summed E-state index contributed by atoms with van der Waals surface area (Å²) >= 11 is 0. The highest BCUT2D eigenvalue weighted by Gasteiger charge is 2.34. The minimum atomic E-state index is 0.612. The van der Waals surface area contributed by atoms with Gasteiger partial charge in [-0.15, -0.1) is 0 Å². The van der Waals surface area contributed by atoms with Crippen LogP contribution in [0.5, 0.6) is 0 Å². The molecule has 0 aromatic heterocycles. The maximum atomic E-state index is 3.75. The van der Waals surface area contributed by atoms with Crippen LogP contribution in [0, 0.1) is 0 Å². The summed E-state index contributed by atoms with van der Waals surface area (Å²) < 4.78 is 0. The number of likely N-dealkylation sites (tertiary alicyclic amines) is 1. The molecular formula is C16H24N2. The molecule has 1 aliphatic carbocycles. The van der Waals surface area contributed by atoms with Gasteiger partial charge in [0.15, 0.2) is 0 Å². The second kappa shape index (κ2) is 5.41. The van der Waals surface area contributed by atoms with Gasteiger partial charge in [-0.05, 0) is 30.7 Å². The molecule has 0 bridgehead atoms. The van der Waals surface area contributed by atoms with E-state index in [0.717, 1.165) is 18.6 Å². The van der Waals surface area contributed by atoms with Gasteiger partial charge in [0.2, 0.25) is 0 Å². The average Bonchev–Trinajstić information content (AvgIpc) is 3.16. The normalized spacial score (nSPS) is 26.4. The van der Waals surface area contributed by atoms with Gasteiger partial charge in [-0.2, -0.15) is 0 Å². The monoisotopic (exact) mass is 244 g/mol. The minimum absolute atomic E-state index is 0.612. The number of hydrogen-bond donors (Lipinski definition) is 1. The van der Waals surface area contributed by atoms with Gasteiger partial charge in [-0.3, -0.25) is 4.90 Å². The van der Waals surface area contributed by atoms with E-state index in [2.05, 4.69) is 47.5 Å². The van der Waals surface area contributed by atoms with Crippen LogP contribution in [0.3, 0.4) is 0 Å². The molecule has 1 saturated heterocycles. The zero-order valence-corrected chi connectivity index (χ0v) is 11.3. The third-order valence-electron chi connectivity index (χ3n) is 4.36. The number of rotatable bonds is 5. The van der Waals surface area contributed by atoms with Gasteiger partial charge in [-0.1, -0.05) is 37.3 Å². The zero-order valence-electron chi connectivity index (χ0n) is 11.3. The first-order valence-electron chi connectivity index (χ1n) is 7.35. The summed E-state index contributed by atoms with van der Waals surface area (Å²) in [6.45, 7) is 6.00. The third-order valence-corrected chi connectivity index (χ3v) is 4.36. The van der Waals surface area contributed by atoms with E-state index >= 15 is 0 Å². The Morgan fingerprint density at radius 3 is 2.72 bits per heavy atom. The first kappa shape index (κ1) is 12.2. The van der Waals surface area contributed by atoms with Gasteiger partial charge in [0.05, 0.1) is 0 Å². The summed E-state index contributed by atoms with van der Waals surface area (Å²) in [6.07, 6.45) is 4.21. The second-order valence-corrected chi connectivity index (χ2v) is 5.93. The third kappa shape index (κ3) is 2.93. The summed E-state index contributed by atoms with van der Waals surface area (Å²) in [5.74, 6) is 0.612. The van der Waals surface area contributed by atoms with Crippen molar-refractivity contribution in [2.24, 2.45) is 0 Å². The summed E-state index contributed by atoms with van der Waals surface area (Å²) in [5, 5.41) is 3.75. The standard InChI is InChI=1S/C16H24N2/c1-13(14-5-3-2-4-6-14)11-17-15-9-10-18(12-15)16-7-8-16/h2-6,13,15-17H,7-12H2,1H3. The lowest BCUT2D eigenvalue weighted by Crippen LogP contribution is -2.35. The van der Waals surface area contributed by atoms with E-state index in [1.54, 1.807) is 0 Å². The van der Waals surface area contributed by atoms with Gasteiger partial charge < -0.3 is 5.32 Å². The van der Waals surface area contributed by atoms with Crippen molar-refractivity contribution in [3.05, 3.63) is 35.9 Å². The largest absolute Gasteiger partial charge is 0.312 e. The first-order chi connectivity index (χ1) is 8.83. The Labute approximate surface area is 110 Å². The van der Waals surface area contributed by atoms with Crippen molar-refractivity contribution in [1.82, 2.24) is 10.2 Å². The molecule has 98 valence electrons. The maximum Gasteiger partial charge on any atom is 0.0207 e. The molecule has 2 atom stereocenters. The van der Waals surface area contributed by atoms with E-state index in [9.17, 15) is 0 Å². The Balaban J connectivity index is 1.44. The van der Waals surface area contributed by atoms with Crippen molar-refractivity contribution in [2.45, 2.75) is 44.2 Å². The molecule has 2 nitrogen and oxygen atoms in total. The summed E-state index contributed by atoms with van der Waals surface area (Å²) in [7, 11) is 0. The van der Waals surface area contributed by atoms with E-state index in [0.29, 0.717) is 5.92 Å². The molecule has 2 heteroatoms. The molecule has 2 aliphatic rings. The molecule has 1 saturated carbocycles. The number of nitrogens with one attached hydrogen (secondary N) is 1. The SMILES string of the molecule is CC(CNC1CCN(C2CC2)C1)c1ccccc1. The van der Waals surface area contributed by atoms with Gasteiger partial charge in [0, 0.05) is 31.7 Å². The Bertz CT molecular complexity index is 372. The topological polar surface area (TPSA) is 15.3 Å². The Kier molecular flexibility index (Phi) is 3.67. The number of hydrogen-bond acceptors (Lipinski definition) is 2. The molecule has 1 aromatic carbocycles. The van der Waals surface area contributed by atoms with Crippen LogP contribution in [0.15, 0.2) is 30.3 Å². The maximum absolute atomic E-state index is 3.75. The fraction of sp³-hybridized carbons (Fsp3) is 0.625. The predicted molar refractivity (Wildman–Crippen MR) is 75.9 cm³/mol. The van der Waals surface area contributed by atoms with Gasteiger partial charge in [0.1, 0.15) is 0 Å². The van der Waals surface area contributed by atoms with Crippen LogP contribution < -0.4 is 5.32 Å². The summed E-state index contributed by atoms with van der Waals surface area (Å²) in [5.41, 5.74) is 1.45. The van der Waals surface area contributed by atoms with Crippen molar-refractivity contribution in [2.75, 3.05) is 19.6 Å². The van der Waals surface area contributed by atoms with E-state index in [1.807, 2.05) is 0 Å². The molecule has 0 radical (unpaired) electrons. The van der Waals surface area contributed by atoms with Crippen LogP contribution in [0.2, 0.25) is 0 Å². The molecule has 2 unspecified atom stereocenters. The molecular weight excluding hydrogens is 220 g/mol. The van der Waals surface area contributed by atoms with E-state index < -0.39 is 0 Å². The van der Waals surface area contributed by atoms with Crippen molar-refractivity contribution in [3.63, 3.8) is 0 Å². The van der Waals surface area contributed by atoms with E-state index in [1.165, 1.54) is 37.9 Å². The molecule has 1 N–H and O–H groups in total. The molecule has 18 heavy (non-hydrogen) atoms. The lowest BCUT2D eigenvalue weighted by atomic mass is 10.0. The molecule has 3 rings (SSSR count). The van der Waals surface area contributed by atoms with Crippen LogP contribution in [0.1, 0.15) is 37.7 Å². The van der Waals surface area contributed by atoms with Crippen molar-refractivity contribution >= 4 is 0 Å². The van der Waals surface area contributed by atoms with Crippen LogP contribution in [0.25, 0.3) is 0 Å². The molecule has 0 amide bonds. The van der Waals surface area contributed by atoms with Crippen molar-refractivity contribution < 1.29 is 0 Å². The van der Waals surface area contributed by atoms with Gasteiger partial charge in [0.25, 0.3) is 0 Å². The molecule has 0 spiro atoms. The second-order valence-electron chi connectivity index (χ2n) is 5.93. The highest BCUT2D eigenvalue weighted by Crippen LogP contribution is 2.29. The van der Waals surface area contributed by atoms with Gasteiger partial charge in [-0.25, -0.2) is 0 Å².